The van der Waals surface area contributed by atoms with Gasteiger partial charge in [-0.15, -0.1) is 0 Å². The van der Waals surface area contributed by atoms with Crippen molar-refractivity contribution >= 4 is 11.9 Å². The van der Waals surface area contributed by atoms with Crippen molar-refractivity contribution in [2.75, 3.05) is 0 Å². The van der Waals surface area contributed by atoms with Crippen LogP contribution in [0.2, 0.25) is 0 Å². The van der Waals surface area contributed by atoms with E-state index in [1.807, 2.05) is 13.8 Å². The Hall–Kier alpha value is -1.32. The molecule has 1 atom stereocenters. The second kappa shape index (κ2) is 6.03. The van der Waals surface area contributed by atoms with Crippen LogP contribution in [0.4, 0.5) is 0 Å². The van der Waals surface area contributed by atoms with Crippen LogP contribution < -0.4 is 0 Å². The Balaban J connectivity index is 2.48. The normalized spacial score (nSPS) is 20.2. The molecule has 4 nitrogen and oxygen atoms in total. The number of carbonyl (C=O) groups is 2. The third-order valence-electron chi connectivity index (χ3n) is 3.54. The average Bonchev–Trinajstić information content (AvgIpc) is 2.26. The lowest BCUT2D eigenvalue weighted by Crippen LogP contribution is -2.37. The maximum Gasteiger partial charge on any atom is 0.306 e. The van der Waals surface area contributed by atoms with Gasteiger partial charge in [-0.3, -0.25) is 9.59 Å². The smallest absolute Gasteiger partial charge is 0.306 e. The number of carbonyl (C=O) groups excluding carboxylic acids is 1. The molecule has 0 spiro atoms. The standard InChI is InChI=1S/C14H22O4/c1-10-4-6-11(7-5-10)14(2,3)18-13(17)9-8-12(15)16/h4,11H,5-9H2,1-3H3,(H,15,16)/t11-/m1/s1. The molecule has 0 fully saturated rings. The van der Waals surface area contributed by atoms with Gasteiger partial charge >= 0.3 is 11.9 Å². The summed E-state index contributed by atoms with van der Waals surface area (Å²) >= 11 is 0. The van der Waals surface area contributed by atoms with Gasteiger partial charge in [0.25, 0.3) is 0 Å². The Labute approximate surface area is 108 Å². The third kappa shape index (κ3) is 4.51. The van der Waals surface area contributed by atoms with E-state index in [-0.39, 0.29) is 12.8 Å². The van der Waals surface area contributed by atoms with Crippen LogP contribution in [-0.4, -0.2) is 22.6 Å². The lowest BCUT2D eigenvalue weighted by Gasteiger charge is -2.35. The van der Waals surface area contributed by atoms with Crippen LogP contribution in [0.3, 0.4) is 0 Å². The van der Waals surface area contributed by atoms with E-state index < -0.39 is 17.5 Å². The Kier molecular flexibility index (Phi) is 4.93. The molecule has 0 aromatic rings. The molecule has 0 aromatic heterocycles. The van der Waals surface area contributed by atoms with Crippen molar-refractivity contribution in [1.82, 2.24) is 0 Å². The molecule has 0 radical (unpaired) electrons. The van der Waals surface area contributed by atoms with E-state index in [2.05, 4.69) is 13.0 Å². The van der Waals surface area contributed by atoms with E-state index in [1.165, 1.54) is 5.57 Å². The monoisotopic (exact) mass is 254 g/mol. The van der Waals surface area contributed by atoms with Gasteiger partial charge in [0.2, 0.25) is 0 Å². The van der Waals surface area contributed by atoms with E-state index in [0.717, 1.165) is 19.3 Å². The maximum absolute atomic E-state index is 11.6. The quantitative estimate of drug-likeness (QED) is 0.605. The summed E-state index contributed by atoms with van der Waals surface area (Å²) in [5.41, 5.74) is 0.867. The number of carboxylic acids is 1. The zero-order valence-electron chi connectivity index (χ0n) is 11.4. The largest absolute Gasteiger partial charge is 0.481 e. The molecular weight excluding hydrogens is 232 g/mol. The fourth-order valence-electron chi connectivity index (χ4n) is 2.23. The van der Waals surface area contributed by atoms with Crippen molar-refractivity contribution in [3.63, 3.8) is 0 Å². The second-order valence-electron chi connectivity index (χ2n) is 5.49. The molecule has 1 rings (SSSR count). The summed E-state index contributed by atoms with van der Waals surface area (Å²) in [6.45, 7) is 5.93. The Morgan fingerprint density at radius 2 is 2.11 bits per heavy atom. The fourth-order valence-corrected chi connectivity index (χ4v) is 2.23. The molecule has 0 heterocycles. The number of allylic oxidation sites excluding steroid dienone is 2. The second-order valence-corrected chi connectivity index (χ2v) is 5.49. The zero-order valence-corrected chi connectivity index (χ0v) is 11.4. The van der Waals surface area contributed by atoms with Gasteiger partial charge in [-0.05, 0) is 40.0 Å². The summed E-state index contributed by atoms with van der Waals surface area (Å²) in [6, 6.07) is 0. The molecule has 0 saturated carbocycles. The highest BCUT2D eigenvalue weighted by Crippen LogP contribution is 2.34. The molecule has 0 bridgehead atoms. The molecular formula is C14H22O4. The number of carboxylic acid groups (broad SMARTS) is 1. The van der Waals surface area contributed by atoms with Crippen molar-refractivity contribution in [1.29, 1.82) is 0 Å². The molecule has 1 aliphatic carbocycles. The van der Waals surface area contributed by atoms with Gasteiger partial charge in [-0.2, -0.15) is 0 Å². The van der Waals surface area contributed by atoms with Crippen LogP contribution in [0.5, 0.6) is 0 Å². The minimum atomic E-state index is -0.971. The molecule has 4 heteroatoms. The average molecular weight is 254 g/mol. The summed E-state index contributed by atoms with van der Waals surface area (Å²) in [7, 11) is 0. The van der Waals surface area contributed by atoms with Crippen LogP contribution in [0, 0.1) is 5.92 Å². The number of aliphatic carboxylic acids is 1. The number of rotatable bonds is 5. The van der Waals surface area contributed by atoms with E-state index in [4.69, 9.17) is 9.84 Å². The van der Waals surface area contributed by atoms with Gasteiger partial charge in [0.05, 0.1) is 12.8 Å². The molecule has 18 heavy (non-hydrogen) atoms. The van der Waals surface area contributed by atoms with Crippen molar-refractivity contribution < 1.29 is 19.4 Å². The summed E-state index contributed by atoms with van der Waals surface area (Å²) in [6.07, 6.45) is 4.95. The van der Waals surface area contributed by atoms with Crippen molar-refractivity contribution in [2.45, 2.75) is 58.5 Å². The first-order chi connectivity index (χ1) is 8.31. The van der Waals surface area contributed by atoms with Crippen LogP contribution in [0.1, 0.15) is 52.9 Å². The first kappa shape index (κ1) is 14.7. The van der Waals surface area contributed by atoms with Gasteiger partial charge in [0.15, 0.2) is 0 Å². The molecule has 1 aliphatic rings. The Bertz CT molecular complexity index is 355. The van der Waals surface area contributed by atoms with E-state index in [1.54, 1.807) is 0 Å². The minimum Gasteiger partial charge on any atom is -0.481 e. The topological polar surface area (TPSA) is 63.6 Å². The summed E-state index contributed by atoms with van der Waals surface area (Å²) in [5, 5.41) is 8.52. The highest BCUT2D eigenvalue weighted by atomic mass is 16.6. The van der Waals surface area contributed by atoms with Gasteiger partial charge in [-0.1, -0.05) is 11.6 Å². The molecule has 0 amide bonds. The van der Waals surface area contributed by atoms with E-state index in [0.29, 0.717) is 5.92 Å². The van der Waals surface area contributed by atoms with Crippen LogP contribution in [-0.2, 0) is 14.3 Å². The third-order valence-corrected chi connectivity index (χ3v) is 3.54. The molecule has 0 unspecified atom stereocenters. The van der Waals surface area contributed by atoms with Crippen molar-refractivity contribution in [2.24, 2.45) is 5.92 Å². The van der Waals surface area contributed by atoms with E-state index in [9.17, 15) is 9.59 Å². The first-order valence-electron chi connectivity index (χ1n) is 6.40. The predicted octanol–water partition coefficient (Wildman–Crippen LogP) is 2.92. The molecule has 1 N–H and O–H groups in total. The summed E-state index contributed by atoms with van der Waals surface area (Å²) < 4.78 is 5.43. The van der Waals surface area contributed by atoms with Gasteiger partial charge < -0.3 is 9.84 Å². The van der Waals surface area contributed by atoms with Crippen molar-refractivity contribution in [3.8, 4) is 0 Å². The lowest BCUT2D eigenvalue weighted by atomic mass is 9.79. The number of hydrogen-bond acceptors (Lipinski definition) is 3. The number of ether oxygens (including phenoxy) is 1. The van der Waals surface area contributed by atoms with Crippen LogP contribution >= 0.6 is 0 Å². The molecule has 0 saturated heterocycles. The van der Waals surface area contributed by atoms with E-state index >= 15 is 0 Å². The maximum atomic E-state index is 11.6. The van der Waals surface area contributed by atoms with Gasteiger partial charge in [-0.25, -0.2) is 0 Å². The SMILES string of the molecule is CC1=CC[C@@H](C(C)(C)OC(=O)CCC(=O)O)CC1. The predicted molar refractivity (Wildman–Crippen MR) is 68.1 cm³/mol. The Morgan fingerprint density at radius 1 is 1.44 bits per heavy atom. The van der Waals surface area contributed by atoms with Crippen LogP contribution in [0.15, 0.2) is 11.6 Å². The highest BCUT2D eigenvalue weighted by molar-refractivity contribution is 5.76. The van der Waals surface area contributed by atoms with Gasteiger partial charge in [0.1, 0.15) is 5.60 Å². The Morgan fingerprint density at radius 3 is 2.61 bits per heavy atom. The fraction of sp³-hybridized carbons (Fsp3) is 0.714. The molecule has 102 valence electrons. The lowest BCUT2D eigenvalue weighted by molar-refractivity contribution is -0.163. The number of esters is 1. The molecule has 0 aromatic carbocycles. The van der Waals surface area contributed by atoms with Crippen molar-refractivity contribution in [3.05, 3.63) is 11.6 Å². The zero-order chi connectivity index (χ0) is 13.8. The summed E-state index contributed by atoms with van der Waals surface area (Å²) in [5.74, 6) is -1.08. The number of hydrogen-bond donors (Lipinski definition) is 1. The molecule has 0 aliphatic heterocycles. The highest BCUT2D eigenvalue weighted by Gasteiger charge is 2.33. The minimum absolute atomic E-state index is 0.0552. The first-order valence-corrected chi connectivity index (χ1v) is 6.40. The summed E-state index contributed by atoms with van der Waals surface area (Å²) in [4.78, 5) is 22.0. The van der Waals surface area contributed by atoms with Gasteiger partial charge in [0, 0.05) is 5.92 Å². The van der Waals surface area contributed by atoms with Crippen LogP contribution in [0.25, 0.3) is 0 Å².